The summed E-state index contributed by atoms with van der Waals surface area (Å²) in [5, 5.41) is 5.99. The Morgan fingerprint density at radius 1 is 1.00 bits per heavy atom. The number of carbonyl (C=O) groups is 1. The Morgan fingerprint density at radius 3 is 2.08 bits per heavy atom. The lowest BCUT2D eigenvalue weighted by Crippen LogP contribution is -2.34. The van der Waals surface area contributed by atoms with Crippen molar-refractivity contribution in [2.45, 2.75) is 46.1 Å². The number of amides is 1. The fourth-order valence-electron chi connectivity index (χ4n) is 2.35. The second kappa shape index (κ2) is 8.32. The number of hydrogen-bond donors (Lipinski definition) is 2. The highest BCUT2D eigenvalue weighted by atomic mass is 32.1. The van der Waals surface area contributed by atoms with Gasteiger partial charge in [-0.15, -0.1) is 0 Å². The van der Waals surface area contributed by atoms with E-state index < -0.39 is 0 Å². The molecule has 0 aliphatic rings. The second-order valence-electron chi connectivity index (χ2n) is 7.43. The van der Waals surface area contributed by atoms with Crippen LogP contribution in [0.2, 0.25) is 0 Å². The predicted octanol–water partition coefficient (Wildman–Crippen LogP) is 4.90. The molecule has 0 saturated heterocycles. The van der Waals surface area contributed by atoms with Gasteiger partial charge in [0.2, 0.25) is 0 Å². The Balaban J connectivity index is 1.93. The first-order chi connectivity index (χ1) is 12.1. The van der Waals surface area contributed by atoms with Gasteiger partial charge in [-0.05, 0) is 73.4 Å². The standard InChI is InChI=1S/C21H26N2O2S/c1-14(2)25-18-12-6-15(7-13-18)19(24)23-20(26)22-17-10-8-16(9-11-17)21(3,4)5/h6-14H,1-5H3,(H2,22,23,24,26). The van der Waals surface area contributed by atoms with Crippen molar-refractivity contribution in [3.05, 3.63) is 59.7 Å². The van der Waals surface area contributed by atoms with Crippen molar-refractivity contribution in [3.63, 3.8) is 0 Å². The summed E-state index contributed by atoms with van der Waals surface area (Å²) in [4.78, 5) is 12.3. The van der Waals surface area contributed by atoms with E-state index in [1.54, 1.807) is 24.3 Å². The van der Waals surface area contributed by atoms with E-state index in [4.69, 9.17) is 17.0 Å². The van der Waals surface area contributed by atoms with E-state index in [0.717, 1.165) is 11.4 Å². The molecule has 4 nitrogen and oxygen atoms in total. The summed E-state index contributed by atoms with van der Waals surface area (Å²) < 4.78 is 5.57. The molecule has 5 heteroatoms. The highest BCUT2D eigenvalue weighted by molar-refractivity contribution is 7.80. The predicted molar refractivity (Wildman–Crippen MR) is 111 cm³/mol. The first kappa shape index (κ1) is 19.9. The summed E-state index contributed by atoms with van der Waals surface area (Å²) in [6.45, 7) is 10.4. The molecule has 0 aliphatic heterocycles. The summed E-state index contributed by atoms with van der Waals surface area (Å²) >= 11 is 5.23. The number of ether oxygens (including phenoxy) is 1. The molecule has 2 N–H and O–H groups in total. The van der Waals surface area contributed by atoms with Crippen LogP contribution in [0.5, 0.6) is 5.75 Å². The molecule has 0 unspecified atom stereocenters. The molecule has 0 atom stereocenters. The van der Waals surface area contributed by atoms with Crippen molar-refractivity contribution in [3.8, 4) is 5.75 Å². The number of hydrogen-bond acceptors (Lipinski definition) is 3. The highest BCUT2D eigenvalue weighted by Crippen LogP contribution is 2.23. The number of nitrogens with one attached hydrogen (secondary N) is 2. The molecule has 2 rings (SSSR count). The Kier molecular flexibility index (Phi) is 6.37. The van der Waals surface area contributed by atoms with Gasteiger partial charge in [0.05, 0.1) is 6.10 Å². The Morgan fingerprint density at radius 2 is 1.58 bits per heavy atom. The van der Waals surface area contributed by atoms with Crippen molar-refractivity contribution in [2.75, 3.05) is 5.32 Å². The highest BCUT2D eigenvalue weighted by Gasteiger charge is 2.13. The number of thiocarbonyl (C=S) groups is 1. The Labute approximate surface area is 161 Å². The number of carbonyl (C=O) groups excluding carboxylic acids is 1. The van der Waals surface area contributed by atoms with Gasteiger partial charge in [0, 0.05) is 11.3 Å². The first-order valence-electron chi connectivity index (χ1n) is 8.65. The molecule has 0 spiro atoms. The molecule has 26 heavy (non-hydrogen) atoms. The molecule has 1 amide bonds. The van der Waals surface area contributed by atoms with Crippen LogP contribution in [0.4, 0.5) is 5.69 Å². The van der Waals surface area contributed by atoms with Crippen molar-refractivity contribution in [2.24, 2.45) is 0 Å². The van der Waals surface area contributed by atoms with E-state index in [1.165, 1.54) is 5.56 Å². The van der Waals surface area contributed by atoms with Crippen LogP contribution in [0.1, 0.15) is 50.5 Å². The maximum Gasteiger partial charge on any atom is 0.257 e. The van der Waals surface area contributed by atoms with E-state index in [-0.39, 0.29) is 22.5 Å². The van der Waals surface area contributed by atoms with Gasteiger partial charge in [-0.25, -0.2) is 0 Å². The summed E-state index contributed by atoms with van der Waals surface area (Å²) in [5.41, 5.74) is 2.69. The maximum atomic E-state index is 12.3. The fraction of sp³-hybridized carbons (Fsp3) is 0.333. The van der Waals surface area contributed by atoms with Crippen molar-refractivity contribution >= 4 is 28.9 Å². The third kappa shape index (κ3) is 5.85. The van der Waals surface area contributed by atoms with E-state index in [0.29, 0.717) is 5.56 Å². The minimum absolute atomic E-state index is 0.0936. The summed E-state index contributed by atoms with van der Waals surface area (Å²) in [5.74, 6) is 0.473. The van der Waals surface area contributed by atoms with E-state index in [9.17, 15) is 4.79 Å². The van der Waals surface area contributed by atoms with Gasteiger partial charge in [-0.2, -0.15) is 0 Å². The fourth-order valence-corrected chi connectivity index (χ4v) is 2.56. The summed E-state index contributed by atoms with van der Waals surface area (Å²) in [6.07, 6.45) is 0.0936. The average molecular weight is 371 g/mol. The van der Waals surface area contributed by atoms with Crippen molar-refractivity contribution in [1.82, 2.24) is 5.32 Å². The van der Waals surface area contributed by atoms with Crippen LogP contribution in [0.3, 0.4) is 0 Å². The van der Waals surface area contributed by atoms with E-state index in [2.05, 4.69) is 43.5 Å². The summed E-state index contributed by atoms with van der Waals surface area (Å²) in [6, 6.07) is 15.0. The molecule has 2 aromatic rings. The molecule has 0 saturated carbocycles. The second-order valence-corrected chi connectivity index (χ2v) is 7.83. The molecule has 2 aromatic carbocycles. The van der Waals surface area contributed by atoms with Crippen molar-refractivity contribution in [1.29, 1.82) is 0 Å². The van der Waals surface area contributed by atoms with Gasteiger partial charge < -0.3 is 10.1 Å². The monoisotopic (exact) mass is 370 g/mol. The van der Waals surface area contributed by atoms with Crippen LogP contribution in [0.15, 0.2) is 48.5 Å². The zero-order valence-electron chi connectivity index (χ0n) is 15.9. The molecule has 0 aliphatic carbocycles. The topological polar surface area (TPSA) is 50.4 Å². The zero-order valence-corrected chi connectivity index (χ0v) is 16.7. The molecule has 0 bridgehead atoms. The largest absolute Gasteiger partial charge is 0.491 e. The van der Waals surface area contributed by atoms with Gasteiger partial charge in [-0.3, -0.25) is 10.1 Å². The first-order valence-corrected chi connectivity index (χ1v) is 9.05. The zero-order chi connectivity index (χ0) is 19.3. The van der Waals surface area contributed by atoms with Crippen LogP contribution in [-0.2, 0) is 5.41 Å². The van der Waals surface area contributed by atoms with Gasteiger partial charge in [0.15, 0.2) is 5.11 Å². The lowest BCUT2D eigenvalue weighted by molar-refractivity contribution is 0.0977. The normalized spacial score (nSPS) is 11.2. The quantitative estimate of drug-likeness (QED) is 0.752. The van der Waals surface area contributed by atoms with Gasteiger partial charge >= 0.3 is 0 Å². The van der Waals surface area contributed by atoms with E-state index in [1.807, 2.05) is 26.0 Å². The van der Waals surface area contributed by atoms with Gasteiger partial charge in [0.25, 0.3) is 5.91 Å². The van der Waals surface area contributed by atoms with Crippen molar-refractivity contribution < 1.29 is 9.53 Å². The third-order valence-electron chi connectivity index (χ3n) is 3.72. The van der Waals surface area contributed by atoms with Crippen LogP contribution in [-0.4, -0.2) is 17.1 Å². The SMILES string of the molecule is CC(C)Oc1ccc(C(=O)NC(=S)Nc2ccc(C(C)(C)C)cc2)cc1. The number of rotatable bonds is 4. The summed E-state index contributed by atoms with van der Waals surface area (Å²) in [7, 11) is 0. The molecule has 138 valence electrons. The molecular formula is C21H26N2O2S. The minimum Gasteiger partial charge on any atom is -0.491 e. The maximum absolute atomic E-state index is 12.3. The number of benzene rings is 2. The smallest absolute Gasteiger partial charge is 0.257 e. The van der Waals surface area contributed by atoms with Crippen LogP contribution in [0.25, 0.3) is 0 Å². The molecule has 0 aromatic heterocycles. The Hall–Kier alpha value is -2.40. The lowest BCUT2D eigenvalue weighted by Gasteiger charge is -2.19. The van der Waals surface area contributed by atoms with Crippen LogP contribution < -0.4 is 15.4 Å². The number of anilines is 1. The minimum atomic E-state index is -0.259. The Bertz CT molecular complexity index is 760. The molecule has 0 radical (unpaired) electrons. The van der Waals surface area contributed by atoms with Crippen LogP contribution >= 0.6 is 12.2 Å². The lowest BCUT2D eigenvalue weighted by atomic mass is 9.87. The molecule has 0 heterocycles. The third-order valence-corrected chi connectivity index (χ3v) is 3.93. The van der Waals surface area contributed by atoms with E-state index >= 15 is 0 Å². The van der Waals surface area contributed by atoms with Gasteiger partial charge in [-0.1, -0.05) is 32.9 Å². The van der Waals surface area contributed by atoms with Gasteiger partial charge in [0.1, 0.15) is 5.75 Å². The van der Waals surface area contributed by atoms with Crippen LogP contribution in [0, 0.1) is 0 Å². The molecular weight excluding hydrogens is 344 g/mol. The molecule has 0 fully saturated rings. The average Bonchev–Trinajstić information content (AvgIpc) is 2.54.